The van der Waals surface area contributed by atoms with Crippen molar-refractivity contribution in [1.82, 2.24) is 4.90 Å². The summed E-state index contributed by atoms with van der Waals surface area (Å²) in [4.78, 5) is 2.59. The van der Waals surface area contributed by atoms with Gasteiger partial charge in [0.2, 0.25) is 0 Å². The largest absolute Gasteiger partial charge is 0.465 e. The Labute approximate surface area is 103 Å². The molecule has 0 spiro atoms. The van der Waals surface area contributed by atoms with Crippen molar-refractivity contribution in [2.75, 3.05) is 6.54 Å². The van der Waals surface area contributed by atoms with Crippen LogP contribution < -0.4 is 5.73 Å². The molecule has 2 heterocycles. The predicted octanol–water partition coefficient (Wildman–Crippen LogP) is 2.60. The standard InChI is InChI=1S/C14H22N2O/c1-10-5-8-13(17-10)14-12(15)4-2-3-9-16(14)11-6-7-11/h5,8,11-12,14H,2-4,6-7,9,15H2,1H3. The molecule has 1 saturated carbocycles. The lowest BCUT2D eigenvalue weighted by molar-refractivity contribution is 0.152. The smallest absolute Gasteiger partial charge is 0.122 e. The minimum atomic E-state index is 0.226. The molecule has 2 N–H and O–H groups in total. The van der Waals surface area contributed by atoms with Gasteiger partial charge in [0.25, 0.3) is 0 Å². The van der Waals surface area contributed by atoms with Crippen molar-refractivity contribution in [3.05, 3.63) is 23.7 Å². The molecule has 1 aliphatic carbocycles. The fraction of sp³-hybridized carbons (Fsp3) is 0.714. The van der Waals surface area contributed by atoms with Gasteiger partial charge in [-0.25, -0.2) is 0 Å². The SMILES string of the molecule is Cc1ccc(C2C(N)CCCCN2C2CC2)o1. The molecule has 3 rings (SSSR count). The topological polar surface area (TPSA) is 42.4 Å². The normalized spacial score (nSPS) is 31.4. The Morgan fingerprint density at radius 2 is 2.06 bits per heavy atom. The molecule has 94 valence electrons. The van der Waals surface area contributed by atoms with E-state index in [1.807, 2.05) is 6.92 Å². The molecule has 1 aliphatic heterocycles. The summed E-state index contributed by atoms with van der Waals surface area (Å²) in [7, 11) is 0. The van der Waals surface area contributed by atoms with Crippen LogP contribution in [0.25, 0.3) is 0 Å². The minimum Gasteiger partial charge on any atom is -0.465 e. The first-order valence-corrected chi connectivity index (χ1v) is 6.83. The predicted molar refractivity (Wildman–Crippen MR) is 67.7 cm³/mol. The van der Waals surface area contributed by atoms with Crippen LogP contribution in [0.3, 0.4) is 0 Å². The fourth-order valence-electron chi connectivity index (χ4n) is 3.02. The van der Waals surface area contributed by atoms with Gasteiger partial charge in [-0.1, -0.05) is 6.42 Å². The molecule has 2 atom stereocenters. The maximum atomic E-state index is 6.37. The van der Waals surface area contributed by atoms with Crippen molar-refractivity contribution in [1.29, 1.82) is 0 Å². The highest BCUT2D eigenvalue weighted by molar-refractivity contribution is 5.14. The van der Waals surface area contributed by atoms with Crippen molar-refractivity contribution < 1.29 is 4.42 Å². The van der Waals surface area contributed by atoms with E-state index in [1.165, 1.54) is 32.2 Å². The van der Waals surface area contributed by atoms with Crippen molar-refractivity contribution in [3.8, 4) is 0 Å². The molecule has 1 saturated heterocycles. The molecule has 17 heavy (non-hydrogen) atoms. The summed E-state index contributed by atoms with van der Waals surface area (Å²) < 4.78 is 5.84. The van der Waals surface area contributed by atoms with E-state index >= 15 is 0 Å². The molecule has 2 unspecified atom stereocenters. The van der Waals surface area contributed by atoms with E-state index in [2.05, 4.69) is 17.0 Å². The van der Waals surface area contributed by atoms with Gasteiger partial charge in [-0.05, 0) is 51.3 Å². The van der Waals surface area contributed by atoms with Crippen molar-refractivity contribution in [3.63, 3.8) is 0 Å². The average Bonchev–Trinajstić information content (AvgIpc) is 3.07. The number of likely N-dealkylation sites (tertiary alicyclic amines) is 1. The summed E-state index contributed by atoms with van der Waals surface area (Å²) in [5.74, 6) is 2.07. The van der Waals surface area contributed by atoms with Gasteiger partial charge in [0.15, 0.2) is 0 Å². The summed E-state index contributed by atoms with van der Waals surface area (Å²) in [6.07, 6.45) is 6.32. The molecule has 0 amide bonds. The van der Waals surface area contributed by atoms with E-state index in [0.717, 1.165) is 24.0 Å². The Bertz CT molecular complexity index is 383. The Morgan fingerprint density at radius 3 is 2.71 bits per heavy atom. The summed E-state index contributed by atoms with van der Waals surface area (Å²) in [5.41, 5.74) is 6.37. The Hall–Kier alpha value is -0.800. The minimum absolute atomic E-state index is 0.226. The van der Waals surface area contributed by atoms with Crippen LogP contribution in [0.15, 0.2) is 16.5 Å². The van der Waals surface area contributed by atoms with E-state index in [-0.39, 0.29) is 6.04 Å². The molecular weight excluding hydrogens is 212 g/mol. The van der Waals surface area contributed by atoms with Crippen molar-refractivity contribution in [2.45, 2.75) is 57.2 Å². The zero-order valence-corrected chi connectivity index (χ0v) is 10.6. The highest BCUT2D eigenvalue weighted by atomic mass is 16.3. The molecule has 1 aromatic rings. The third-order valence-corrected chi connectivity index (χ3v) is 4.04. The molecular formula is C14H22N2O. The zero-order valence-electron chi connectivity index (χ0n) is 10.6. The van der Waals surface area contributed by atoms with Crippen LogP contribution in [-0.2, 0) is 0 Å². The lowest BCUT2D eigenvalue weighted by Crippen LogP contribution is -2.40. The third-order valence-electron chi connectivity index (χ3n) is 4.04. The third kappa shape index (κ3) is 2.26. The van der Waals surface area contributed by atoms with Gasteiger partial charge < -0.3 is 10.2 Å². The summed E-state index contributed by atoms with van der Waals surface area (Å²) >= 11 is 0. The second-order valence-electron chi connectivity index (χ2n) is 5.52. The van der Waals surface area contributed by atoms with Gasteiger partial charge in [0.1, 0.15) is 11.5 Å². The van der Waals surface area contributed by atoms with Gasteiger partial charge >= 0.3 is 0 Å². The first-order valence-electron chi connectivity index (χ1n) is 6.83. The second-order valence-corrected chi connectivity index (χ2v) is 5.52. The van der Waals surface area contributed by atoms with E-state index in [0.29, 0.717) is 6.04 Å². The molecule has 1 aromatic heterocycles. The summed E-state index contributed by atoms with van der Waals surface area (Å²) in [6.45, 7) is 3.19. The molecule has 0 aromatic carbocycles. The molecule has 0 bridgehead atoms. The zero-order chi connectivity index (χ0) is 11.8. The number of nitrogens with two attached hydrogens (primary N) is 1. The van der Waals surface area contributed by atoms with E-state index in [4.69, 9.17) is 10.2 Å². The number of nitrogens with zero attached hydrogens (tertiary/aromatic N) is 1. The van der Waals surface area contributed by atoms with E-state index in [9.17, 15) is 0 Å². The molecule has 3 nitrogen and oxygen atoms in total. The van der Waals surface area contributed by atoms with Crippen molar-refractivity contribution >= 4 is 0 Å². The van der Waals surface area contributed by atoms with Crippen molar-refractivity contribution in [2.24, 2.45) is 5.73 Å². The molecule has 0 radical (unpaired) electrons. The Balaban J connectivity index is 1.89. The lowest BCUT2D eigenvalue weighted by atomic mass is 10.0. The van der Waals surface area contributed by atoms with Crippen LogP contribution in [0.4, 0.5) is 0 Å². The maximum absolute atomic E-state index is 6.37. The summed E-state index contributed by atoms with van der Waals surface area (Å²) in [5, 5.41) is 0. The lowest BCUT2D eigenvalue weighted by Gasteiger charge is -2.32. The van der Waals surface area contributed by atoms with Gasteiger partial charge in [-0.3, -0.25) is 4.90 Å². The van der Waals surface area contributed by atoms with Gasteiger partial charge in [-0.15, -0.1) is 0 Å². The number of rotatable bonds is 2. The highest BCUT2D eigenvalue weighted by Crippen LogP contribution is 2.38. The van der Waals surface area contributed by atoms with Gasteiger partial charge in [0.05, 0.1) is 6.04 Å². The van der Waals surface area contributed by atoms with Crippen LogP contribution in [0.5, 0.6) is 0 Å². The number of hydrogen-bond acceptors (Lipinski definition) is 3. The first-order chi connectivity index (χ1) is 8.25. The Morgan fingerprint density at radius 1 is 1.24 bits per heavy atom. The first kappa shape index (κ1) is 11.3. The second kappa shape index (κ2) is 4.46. The molecule has 2 fully saturated rings. The quantitative estimate of drug-likeness (QED) is 0.855. The van der Waals surface area contributed by atoms with Crippen LogP contribution in [0.2, 0.25) is 0 Å². The number of aryl methyl sites for hydroxylation is 1. The summed E-state index contributed by atoms with van der Waals surface area (Å²) in [6, 6.07) is 5.45. The van der Waals surface area contributed by atoms with Crippen LogP contribution in [-0.4, -0.2) is 23.5 Å². The van der Waals surface area contributed by atoms with E-state index < -0.39 is 0 Å². The number of furan rings is 1. The van der Waals surface area contributed by atoms with Crippen LogP contribution in [0, 0.1) is 6.92 Å². The van der Waals surface area contributed by atoms with Gasteiger partial charge in [-0.2, -0.15) is 0 Å². The Kier molecular flexibility index (Phi) is 2.97. The fourth-order valence-corrected chi connectivity index (χ4v) is 3.02. The van der Waals surface area contributed by atoms with Crippen LogP contribution >= 0.6 is 0 Å². The monoisotopic (exact) mass is 234 g/mol. The molecule has 2 aliphatic rings. The number of hydrogen-bond donors (Lipinski definition) is 1. The average molecular weight is 234 g/mol. The van der Waals surface area contributed by atoms with Crippen LogP contribution in [0.1, 0.15) is 49.7 Å². The molecule has 3 heteroatoms. The highest BCUT2D eigenvalue weighted by Gasteiger charge is 2.39. The maximum Gasteiger partial charge on any atom is 0.122 e. The van der Waals surface area contributed by atoms with E-state index in [1.54, 1.807) is 0 Å². The van der Waals surface area contributed by atoms with Gasteiger partial charge in [0, 0.05) is 12.1 Å².